The van der Waals surface area contributed by atoms with Gasteiger partial charge in [-0.15, -0.1) is 0 Å². The number of nitrogens with one attached hydrogen (secondary N) is 1. The van der Waals surface area contributed by atoms with Crippen molar-refractivity contribution in [3.8, 4) is 11.1 Å². The fraction of sp³-hybridized carbons (Fsp3) is 0.364. The van der Waals surface area contributed by atoms with Gasteiger partial charge < -0.3 is 15.2 Å². The molecule has 32 heavy (non-hydrogen) atoms. The molecule has 2 N–H and O–H groups in total. The van der Waals surface area contributed by atoms with E-state index in [2.05, 4.69) is 10.3 Å². The Bertz CT molecular complexity index is 1050. The quantitative estimate of drug-likeness (QED) is 0.704. The van der Waals surface area contributed by atoms with E-state index in [1.807, 2.05) is 0 Å². The van der Waals surface area contributed by atoms with Crippen molar-refractivity contribution in [1.82, 2.24) is 10.3 Å². The predicted octanol–water partition coefficient (Wildman–Crippen LogP) is 1.69. The summed E-state index contributed by atoms with van der Waals surface area (Å²) in [5.41, 5.74) is 1.18. The number of aliphatic hydroxyl groups excluding tert-OH is 1. The number of rotatable bonds is 6. The number of aliphatic hydroxyl groups is 1. The second-order valence-corrected chi connectivity index (χ2v) is 7.88. The van der Waals surface area contributed by atoms with Crippen LogP contribution in [0.2, 0.25) is 0 Å². The number of anilines is 2. The molecule has 2 fully saturated rings. The first-order valence-electron chi connectivity index (χ1n) is 10.3. The lowest BCUT2D eigenvalue weighted by molar-refractivity contribution is -0.119. The number of hydrogen-bond donors (Lipinski definition) is 2. The van der Waals surface area contributed by atoms with Crippen LogP contribution in [0, 0.1) is 11.7 Å². The molecule has 2 aromatic rings. The van der Waals surface area contributed by atoms with E-state index in [0.717, 1.165) is 0 Å². The monoisotopic (exact) mass is 442 g/mol. The van der Waals surface area contributed by atoms with E-state index in [-0.39, 0.29) is 43.8 Å². The molecule has 2 atom stereocenters. The summed E-state index contributed by atoms with van der Waals surface area (Å²) < 4.78 is 20.1. The zero-order valence-electron chi connectivity index (χ0n) is 17.5. The zero-order valence-corrected chi connectivity index (χ0v) is 17.5. The minimum Gasteiger partial charge on any atom is -0.442 e. The van der Waals surface area contributed by atoms with E-state index < -0.39 is 18.0 Å². The molecule has 4 rings (SSSR count). The molecule has 0 spiro atoms. The van der Waals surface area contributed by atoms with Gasteiger partial charge in [0, 0.05) is 49.7 Å². The molecule has 0 radical (unpaired) electrons. The van der Waals surface area contributed by atoms with Crippen LogP contribution in [0.5, 0.6) is 0 Å². The number of amides is 3. The summed E-state index contributed by atoms with van der Waals surface area (Å²) in [5, 5.41) is 11.9. The molecule has 2 aliphatic rings. The van der Waals surface area contributed by atoms with Crippen LogP contribution in [0.3, 0.4) is 0 Å². The molecule has 2 aliphatic heterocycles. The highest BCUT2D eigenvalue weighted by Crippen LogP contribution is 2.30. The van der Waals surface area contributed by atoms with E-state index >= 15 is 0 Å². The first-order chi connectivity index (χ1) is 15.4. The Morgan fingerprint density at radius 3 is 2.69 bits per heavy atom. The maximum Gasteiger partial charge on any atom is 0.414 e. The third kappa shape index (κ3) is 4.40. The van der Waals surface area contributed by atoms with Gasteiger partial charge in [0.2, 0.25) is 11.8 Å². The fourth-order valence-electron chi connectivity index (χ4n) is 3.83. The number of aromatic nitrogens is 1. The highest BCUT2D eigenvalue weighted by molar-refractivity contribution is 5.95. The lowest BCUT2D eigenvalue weighted by Gasteiger charge is -2.16. The topological polar surface area (TPSA) is 112 Å². The highest BCUT2D eigenvalue weighted by atomic mass is 19.1. The van der Waals surface area contributed by atoms with Gasteiger partial charge in [-0.25, -0.2) is 14.2 Å². The van der Waals surface area contributed by atoms with Crippen molar-refractivity contribution in [2.75, 3.05) is 36.0 Å². The fourth-order valence-corrected chi connectivity index (χ4v) is 3.83. The molecule has 168 valence electrons. The molecule has 10 heteroatoms. The molecule has 3 amide bonds. The number of cyclic esters (lactones) is 1. The third-order valence-electron chi connectivity index (χ3n) is 5.52. The number of ether oxygens (including phenoxy) is 1. The maximum absolute atomic E-state index is 14.9. The first-order valence-corrected chi connectivity index (χ1v) is 10.3. The number of halogens is 1. The number of carbonyl (C=O) groups is 3. The van der Waals surface area contributed by atoms with Crippen LogP contribution in [-0.4, -0.2) is 60.3 Å². The first kappa shape index (κ1) is 21.7. The van der Waals surface area contributed by atoms with Gasteiger partial charge in [0.05, 0.1) is 18.8 Å². The SMILES string of the molecule is CC(=O)NC[C@H]1CN(c2ccc(-c3ccc(N4CC(CO)CC4=O)nc3)c(F)c2)C(=O)O1. The van der Waals surface area contributed by atoms with Crippen molar-refractivity contribution in [1.29, 1.82) is 0 Å². The van der Waals surface area contributed by atoms with E-state index in [9.17, 15) is 23.9 Å². The van der Waals surface area contributed by atoms with Gasteiger partial charge in [-0.05, 0) is 30.3 Å². The Balaban J connectivity index is 1.47. The molecular formula is C22H23FN4O5. The van der Waals surface area contributed by atoms with Gasteiger partial charge in [-0.1, -0.05) is 0 Å². The summed E-state index contributed by atoms with van der Waals surface area (Å²) in [6.07, 6.45) is 0.654. The summed E-state index contributed by atoms with van der Waals surface area (Å²) >= 11 is 0. The third-order valence-corrected chi connectivity index (χ3v) is 5.52. The number of nitrogens with zero attached hydrogens (tertiary/aromatic N) is 3. The van der Waals surface area contributed by atoms with Crippen LogP contribution < -0.4 is 15.1 Å². The van der Waals surface area contributed by atoms with E-state index in [0.29, 0.717) is 29.2 Å². The van der Waals surface area contributed by atoms with Crippen LogP contribution >= 0.6 is 0 Å². The molecule has 1 aromatic heterocycles. The average Bonchev–Trinajstić information content (AvgIpc) is 3.34. The Labute approximate surface area is 183 Å². The maximum atomic E-state index is 14.9. The van der Waals surface area contributed by atoms with Crippen molar-refractivity contribution >= 4 is 29.4 Å². The summed E-state index contributed by atoms with van der Waals surface area (Å²) in [6, 6.07) is 7.74. The van der Waals surface area contributed by atoms with Crippen LogP contribution in [-0.2, 0) is 14.3 Å². The highest BCUT2D eigenvalue weighted by Gasteiger charge is 2.33. The standard InChI is InChI=1S/C22H23FN4O5/c1-13(29)24-9-17-11-26(22(31)32-17)16-3-4-18(19(23)7-16)15-2-5-20(25-8-15)27-10-14(12-28)6-21(27)30/h2-5,7-8,14,17,28H,6,9-12H2,1H3,(H,24,29)/t14?,17-/m0/s1. The predicted molar refractivity (Wildman–Crippen MR) is 113 cm³/mol. The summed E-state index contributed by atoms with van der Waals surface area (Å²) in [7, 11) is 0. The molecule has 9 nitrogen and oxygen atoms in total. The number of benzene rings is 1. The van der Waals surface area contributed by atoms with E-state index in [4.69, 9.17) is 4.74 Å². The normalized spacial score (nSPS) is 20.6. The molecule has 0 aliphatic carbocycles. The van der Waals surface area contributed by atoms with Gasteiger partial charge >= 0.3 is 6.09 Å². The Morgan fingerprint density at radius 1 is 1.25 bits per heavy atom. The number of carbonyl (C=O) groups excluding carboxylic acids is 3. The van der Waals surface area contributed by atoms with E-state index in [1.165, 1.54) is 29.0 Å². The van der Waals surface area contributed by atoms with Gasteiger partial charge in [0.25, 0.3) is 0 Å². The largest absolute Gasteiger partial charge is 0.442 e. The molecule has 2 saturated heterocycles. The lowest BCUT2D eigenvalue weighted by atomic mass is 10.1. The van der Waals surface area contributed by atoms with Crippen LogP contribution in [0.25, 0.3) is 11.1 Å². The van der Waals surface area contributed by atoms with Crippen LogP contribution in [0.15, 0.2) is 36.5 Å². The summed E-state index contributed by atoms with van der Waals surface area (Å²) in [4.78, 5) is 42.4. The van der Waals surface area contributed by atoms with E-state index in [1.54, 1.807) is 24.3 Å². The minimum absolute atomic E-state index is 0.0591. The van der Waals surface area contributed by atoms with Crippen LogP contribution in [0.4, 0.5) is 20.7 Å². The van der Waals surface area contributed by atoms with Crippen molar-refractivity contribution < 1.29 is 28.6 Å². The Kier molecular flexibility index (Phi) is 6.04. The second kappa shape index (κ2) is 8.91. The smallest absolute Gasteiger partial charge is 0.414 e. The number of pyridine rings is 1. The Hall–Kier alpha value is -3.53. The van der Waals surface area contributed by atoms with Gasteiger partial charge in [-0.2, -0.15) is 0 Å². The molecular weight excluding hydrogens is 419 g/mol. The van der Waals surface area contributed by atoms with Crippen molar-refractivity contribution in [3.63, 3.8) is 0 Å². The number of hydrogen-bond acceptors (Lipinski definition) is 6. The molecule has 0 bridgehead atoms. The van der Waals surface area contributed by atoms with Gasteiger partial charge in [0.1, 0.15) is 17.7 Å². The van der Waals surface area contributed by atoms with Crippen molar-refractivity contribution in [2.24, 2.45) is 5.92 Å². The van der Waals surface area contributed by atoms with Crippen LogP contribution in [0.1, 0.15) is 13.3 Å². The van der Waals surface area contributed by atoms with Gasteiger partial charge in [0.15, 0.2) is 0 Å². The molecule has 1 unspecified atom stereocenters. The Morgan fingerprint density at radius 2 is 2.06 bits per heavy atom. The zero-order chi connectivity index (χ0) is 22.8. The average molecular weight is 442 g/mol. The molecule has 0 saturated carbocycles. The molecule has 1 aromatic carbocycles. The lowest BCUT2D eigenvalue weighted by Crippen LogP contribution is -2.33. The van der Waals surface area contributed by atoms with Crippen molar-refractivity contribution in [2.45, 2.75) is 19.4 Å². The molecule has 3 heterocycles. The minimum atomic E-state index is -0.602. The van der Waals surface area contributed by atoms with Crippen molar-refractivity contribution in [3.05, 3.63) is 42.3 Å². The summed E-state index contributed by atoms with van der Waals surface area (Å²) in [6.45, 7) is 2.11. The van der Waals surface area contributed by atoms with Gasteiger partial charge in [-0.3, -0.25) is 19.4 Å². The second-order valence-electron chi connectivity index (χ2n) is 7.88. The summed E-state index contributed by atoms with van der Waals surface area (Å²) in [5.74, 6) is -0.514.